The molecule has 3 aromatic carbocycles. The van der Waals surface area contributed by atoms with Crippen LogP contribution in [0.25, 0.3) is 31.7 Å². The summed E-state index contributed by atoms with van der Waals surface area (Å²) >= 11 is 7.92. The van der Waals surface area contributed by atoms with Crippen molar-refractivity contribution in [2.24, 2.45) is 7.05 Å². The Bertz CT molecular complexity index is 1770. The minimum absolute atomic E-state index is 0.0940. The number of aromatic nitrogens is 3. The third-order valence-corrected chi connectivity index (χ3v) is 8.33. The van der Waals surface area contributed by atoms with Gasteiger partial charge in [-0.2, -0.15) is 0 Å². The molecule has 36 heavy (non-hydrogen) atoms. The minimum Gasteiger partial charge on any atom is -0.492 e. The molecule has 0 aliphatic heterocycles. The summed E-state index contributed by atoms with van der Waals surface area (Å²) in [4.78, 5) is 22.0. The summed E-state index contributed by atoms with van der Waals surface area (Å²) in [5.41, 5.74) is 2.77. The molecule has 11 heteroatoms. The number of halogens is 1. The maximum absolute atomic E-state index is 12.6. The molecule has 5 rings (SSSR count). The van der Waals surface area contributed by atoms with Gasteiger partial charge in [-0.1, -0.05) is 29.8 Å². The average molecular weight is 541 g/mol. The molecular weight excluding hydrogens is 520 g/mol. The van der Waals surface area contributed by atoms with Crippen LogP contribution < -0.4 is 15.0 Å². The van der Waals surface area contributed by atoms with Gasteiger partial charge in [0.2, 0.25) is 10.0 Å². The van der Waals surface area contributed by atoms with E-state index in [2.05, 4.69) is 9.71 Å². The molecule has 0 fully saturated rings. The molecule has 0 bridgehead atoms. The zero-order valence-corrected chi connectivity index (χ0v) is 21.7. The van der Waals surface area contributed by atoms with Gasteiger partial charge in [-0.25, -0.2) is 23.1 Å². The van der Waals surface area contributed by atoms with Gasteiger partial charge in [-0.3, -0.25) is 4.79 Å². The number of rotatable bonds is 7. The first-order chi connectivity index (χ1) is 17.2. The van der Waals surface area contributed by atoms with E-state index in [4.69, 9.17) is 21.3 Å². The molecule has 5 aromatic rings. The Kier molecular flexibility index (Phi) is 6.52. The topological polar surface area (TPSA) is 103 Å². The summed E-state index contributed by atoms with van der Waals surface area (Å²) in [6, 6.07) is 15.4. The molecule has 2 heterocycles. The summed E-state index contributed by atoms with van der Waals surface area (Å²) < 4.78 is 35.2. The first-order valence-electron chi connectivity index (χ1n) is 11.0. The standard InChI is InChI=1S/C25H21ClN4O4S2/c1-15-10-18(22-19(11-15)25(31)30(2)14-27-22)24-29-23-20(26)12-16(13-21(23)35-24)34-9-8-28-36(32,33)17-6-4-3-5-7-17/h3-7,10-14,28H,8-9H2,1-2H3. The van der Waals surface area contributed by atoms with Crippen molar-refractivity contribution in [2.75, 3.05) is 13.2 Å². The van der Waals surface area contributed by atoms with Crippen molar-refractivity contribution < 1.29 is 13.2 Å². The summed E-state index contributed by atoms with van der Waals surface area (Å²) in [5, 5.41) is 1.63. The number of nitrogens with one attached hydrogen (secondary N) is 1. The second-order valence-corrected chi connectivity index (χ2v) is 11.4. The predicted octanol–water partition coefficient (Wildman–Crippen LogP) is 4.53. The van der Waals surface area contributed by atoms with Crippen molar-refractivity contribution >= 4 is 54.1 Å². The highest BCUT2D eigenvalue weighted by Gasteiger charge is 2.17. The monoisotopic (exact) mass is 540 g/mol. The molecule has 0 atom stereocenters. The second-order valence-electron chi connectivity index (χ2n) is 8.20. The van der Waals surface area contributed by atoms with Crippen LogP contribution in [0, 0.1) is 6.92 Å². The summed E-state index contributed by atoms with van der Waals surface area (Å²) in [6.45, 7) is 2.14. The molecule has 1 N–H and O–H groups in total. The third-order valence-electron chi connectivity index (χ3n) is 5.53. The fraction of sp³-hybridized carbons (Fsp3) is 0.160. The SMILES string of the molecule is Cc1cc(-c2nc3c(Cl)cc(OCCNS(=O)(=O)c4ccccc4)cc3s2)c2ncn(C)c(=O)c2c1. The van der Waals surface area contributed by atoms with Gasteiger partial charge in [-0.05, 0) is 42.8 Å². The lowest BCUT2D eigenvalue weighted by molar-refractivity contribution is 0.323. The number of nitrogens with zero attached hydrogens (tertiary/aromatic N) is 3. The number of aryl methyl sites for hydroxylation is 2. The number of thiazole rings is 1. The van der Waals surface area contributed by atoms with Crippen molar-refractivity contribution in [3.63, 3.8) is 0 Å². The Morgan fingerprint density at radius 2 is 1.89 bits per heavy atom. The smallest absolute Gasteiger partial charge is 0.260 e. The van der Waals surface area contributed by atoms with E-state index in [9.17, 15) is 13.2 Å². The van der Waals surface area contributed by atoms with Crippen LogP contribution in [0.15, 0.2) is 70.6 Å². The maximum atomic E-state index is 12.6. The molecule has 0 saturated carbocycles. The normalized spacial score (nSPS) is 11.9. The molecule has 184 valence electrons. The van der Waals surface area contributed by atoms with E-state index >= 15 is 0 Å². The molecule has 0 aliphatic carbocycles. The summed E-state index contributed by atoms with van der Waals surface area (Å²) in [5.74, 6) is 0.503. The largest absolute Gasteiger partial charge is 0.492 e. The highest BCUT2D eigenvalue weighted by Crippen LogP contribution is 2.38. The minimum atomic E-state index is -3.61. The van der Waals surface area contributed by atoms with Crippen LogP contribution in [0.4, 0.5) is 0 Å². The number of sulfonamides is 1. The van der Waals surface area contributed by atoms with Crippen molar-refractivity contribution in [3.8, 4) is 16.3 Å². The predicted molar refractivity (Wildman–Crippen MR) is 142 cm³/mol. The van der Waals surface area contributed by atoms with E-state index in [1.165, 1.54) is 34.4 Å². The van der Waals surface area contributed by atoms with Gasteiger partial charge in [0, 0.05) is 25.2 Å². The van der Waals surface area contributed by atoms with Crippen LogP contribution >= 0.6 is 22.9 Å². The number of fused-ring (bicyclic) bond motifs is 2. The Morgan fingerprint density at radius 3 is 2.67 bits per heavy atom. The van der Waals surface area contributed by atoms with Gasteiger partial charge in [0.05, 0.1) is 31.8 Å². The molecule has 0 radical (unpaired) electrons. The summed E-state index contributed by atoms with van der Waals surface area (Å²) in [7, 11) is -1.94. The van der Waals surface area contributed by atoms with Crippen LogP contribution in [0.3, 0.4) is 0 Å². The molecule has 0 aliphatic rings. The van der Waals surface area contributed by atoms with E-state index in [1.807, 2.05) is 25.1 Å². The molecular formula is C25H21ClN4O4S2. The van der Waals surface area contributed by atoms with Gasteiger partial charge < -0.3 is 9.30 Å². The van der Waals surface area contributed by atoms with Crippen molar-refractivity contribution in [3.05, 3.63) is 81.9 Å². The molecule has 0 spiro atoms. The van der Waals surface area contributed by atoms with Crippen molar-refractivity contribution in [1.29, 1.82) is 0 Å². The van der Waals surface area contributed by atoms with Crippen molar-refractivity contribution in [2.45, 2.75) is 11.8 Å². The molecule has 0 unspecified atom stereocenters. The van der Waals surface area contributed by atoms with Crippen LogP contribution in [0.5, 0.6) is 5.75 Å². The highest BCUT2D eigenvalue weighted by molar-refractivity contribution is 7.89. The highest BCUT2D eigenvalue weighted by atomic mass is 35.5. The third kappa shape index (κ3) is 4.72. The lowest BCUT2D eigenvalue weighted by atomic mass is 10.1. The van der Waals surface area contributed by atoms with E-state index in [0.29, 0.717) is 32.2 Å². The van der Waals surface area contributed by atoms with Crippen molar-refractivity contribution in [1.82, 2.24) is 19.3 Å². The lowest BCUT2D eigenvalue weighted by Crippen LogP contribution is -2.28. The van der Waals surface area contributed by atoms with Gasteiger partial charge in [0.1, 0.15) is 22.9 Å². The average Bonchev–Trinajstić information content (AvgIpc) is 3.29. The van der Waals surface area contributed by atoms with Gasteiger partial charge in [-0.15, -0.1) is 11.3 Å². The van der Waals surface area contributed by atoms with E-state index in [1.54, 1.807) is 31.3 Å². The number of ether oxygens (including phenoxy) is 1. The number of hydrogen-bond acceptors (Lipinski definition) is 7. The van der Waals surface area contributed by atoms with Crippen LogP contribution in [-0.2, 0) is 17.1 Å². The van der Waals surface area contributed by atoms with Gasteiger partial charge in [0.15, 0.2) is 0 Å². The maximum Gasteiger partial charge on any atom is 0.260 e. The first-order valence-corrected chi connectivity index (χ1v) is 13.6. The fourth-order valence-electron chi connectivity index (χ4n) is 3.82. The zero-order valence-electron chi connectivity index (χ0n) is 19.4. The van der Waals surface area contributed by atoms with E-state index < -0.39 is 10.0 Å². The fourth-order valence-corrected chi connectivity index (χ4v) is 6.20. The molecule has 8 nitrogen and oxygen atoms in total. The molecule has 0 saturated heterocycles. The second kappa shape index (κ2) is 9.62. The Balaban J connectivity index is 1.39. The first kappa shape index (κ1) is 24.4. The Morgan fingerprint density at radius 1 is 1.11 bits per heavy atom. The Hall–Kier alpha value is -3.31. The Labute approximate surface area is 216 Å². The zero-order chi connectivity index (χ0) is 25.4. The van der Waals surface area contributed by atoms with Gasteiger partial charge >= 0.3 is 0 Å². The molecule has 2 aromatic heterocycles. The van der Waals surface area contributed by atoms with E-state index in [0.717, 1.165) is 15.8 Å². The number of benzene rings is 3. The van der Waals surface area contributed by atoms with Crippen LogP contribution in [-0.4, -0.2) is 36.1 Å². The lowest BCUT2D eigenvalue weighted by Gasteiger charge is -2.09. The summed E-state index contributed by atoms with van der Waals surface area (Å²) in [6.07, 6.45) is 1.50. The van der Waals surface area contributed by atoms with Gasteiger partial charge in [0.25, 0.3) is 5.56 Å². The molecule has 0 amide bonds. The number of hydrogen-bond donors (Lipinski definition) is 1. The van der Waals surface area contributed by atoms with Crippen LogP contribution in [0.2, 0.25) is 5.02 Å². The van der Waals surface area contributed by atoms with Crippen LogP contribution in [0.1, 0.15) is 5.56 Å². The van der Waals surface area contributed by atoms with E-state index in [-0.39, 0.29) is 23.6 Å². The quantitative estimate of drug-likeness (QED) is 0.304.